The van der Waals surface area contributed by atoms with Crippen LogP contribution in [-0.4, -0.2) is 18.1 Å². The fourth-order valence-corrected chi connectivity index (χ4v) is 1.73. The maximum absolute atomic E-state index is 5.82. The molecule has 0 saturated heterocycles. The summed E-state index contributed by atoms with van der Waals surface area (Å²) < 4.78 is 11.5. The van der Waals surface area contributed by atoms with Crippen LogP contribution in [0.15, 0.2) is 42.5 Å². The summed E-state index contributed by atoms with van der Waals surface area (Å²) in [6.07, 6.45) is 0.961. The highest BCUT2D eigenvalue weighted by Crippen LogP contribution is 2.30. The van der Waals surface area contributed by atoms with E-state index in [1.807, 2.05) is 49.4 Å². The van der Waals surface area contributed by atoms with Crippen LogP contribution in [0.5, 0.6) is 17.4 Å². The van der Waals surface area contributed by atoms with E-state index in [9.17, 15) is 0 Å². The molecule has 0 aliphatic heterocycles. The van der Waals surface area contributed by atoms with E-state index >= 15 is 0 Å². The summed E-state index contributed by atoms with van der Waals surface area (Å²) in [6, 6.07) is 13.3. The highest BCUT2D eigenvalue weighted by atomic mass is 16.5. The van der Waals surface area contributed by atoms with Crippen molar-refractivity contribution in [3.63, 3.8) is 0 Å². The molecule has 0 unspecified atom stereocenters. The summed E-state index contributed by atoms with van der Waals surface area (Å²) in [4.78, 5) is 4.39. The summed E-state index contributed by atoms with van der Waals surface area (Å²) in [5.74, 6) is 2.78. The zero-order valence-corrected chi connectivity index (χ0v) is 11.9. The summed E-state index contributed by atoms with van der Waals surface area (Å²) in [5, 5.41) is 3.16. The molecule has 0 saturated carbocycles. The predicted octanol–water partition coefficient (Wildman–Crippen LogP) is 4.09. The fraction of sp³-hybridized carbons (Fsp3) is 0.312. The van der Waals surface area contributed by atoms with Gasteiger partial charge >= 0.3 is 0 Å². The van der Waals surface area contributed by atoms with Gasteiger partial charge in [0.05, 0.1) is 6.61 Å². The van der Waals surface area contributed by atoms with Gasteiger partial charge in [0.15, 0.2) is 11.5 Å². The van der Waals surface area contributed by atoms with E-state index in [0.717, 1.165) is 24.5 Å². The quantitative estimate of drug-likeness (QED) is 0.824. The smallest absolute Gasteiger partial charge is 0.221 e. The van der Waals surface area contributed by atoms with Gasteiger partial charge in [-0.25, -0.2) is 0 Å². The maximum Gasteiger partial charge on any atom is 0.221 e. The van der Waals surface area contributed by atoms with E-state index in [-0.39, 0.29) is 0 Å². The zero-order valence-electron chi connectivity index (χ0n) is 11.9. The van der Waals surface area contributed by atoms with Crippen LogP contribution in [0.1, 0.15) is 20.3 Å². The highest BCUT2D eigenvalue weighted by molar-refractivity contribution is 5.43. The summed E-state index contributed by atoms with van der Waals surface area (Å²) in [5.41, 5.74) is 0. The van der Waals surface area contributed by atoms with Gasteiger partial charge in [0, 0.05) is 12.6 Å². The minimum absolute atomic E-state index is 0.552. The minimum atomic E-state index is 0.552. The minimum Gasteiger partial charge on any atom is -0.490 e. The number of nitrogens with one attached hydrogen (secondary N) is 1. The lowest BCUT2D eigenvalue weighted by molar-refractivity contribution is 0.301. The second-order valence-electron chi connectivity index (χ2n) is 4.29. The molecule has 2 rings (SSSR count). The van der Waals surface area contributed by atoms with Crippen molar-refractivity contribution in [3.05, 3.63) is 42.5 Å². The van der Waals surface area contributed by atoms with Crippen molar-refractivity contribution in [1.29, 1.82) is 0 Å². The van der Waals surface area contributed by atoms with E-state index in [1.165, 1.54) is 0 Å². The molecule has 4 nitrogen and oxygen atoms in total. The zero-order chi connectivity index (χ0) is 14.2. The van der Waals surface area contributed by atoms with E-state index in [4.69, 9.17) is 9.47 Å². The number of hydrogen-bond acceptors (Lipinski definition) is 4. The molecule has 2 aromatic rings. The number of rotatable bonds is 7. The molecule has 1 aromatic heterocycles. The third-order valence-corrected chi connectivity index (χ3v) is 2.61. The van der Waals surface area contributed by atoms with Gasteiger partial charge in [0.2, 0.25) is 5.88 Å². The van der Waals surface area contributed by atoms with Crippen LogP contribution in [0.2, 0.25) is 0 Å². The average molecular weight is 272 g/mol. The molecule has 0 atom stereocenters. The van der Waals surface area contributed by atoms with E-state index in [0.29, 0.717) is 18.2 Å². The molecule has 1 N–H and O–H groups in total. The Morgan fingerprint density at radius 2 is 1.80 bits per heavy atom. The van der Waals surface area contributed by atoms with Gasteiger partial charge < -0.3 is 14.8 Å². The van der Waals surface area contributed by atoms with Gasteiger partial charge in [-0.2, -0.15) is 4.98 Å². The van der Waals surface area contributed by atoms with Gasteiger partial charge in [0.25, 0.3) is 0 Å². The second kappa shape index (κ2) is 7.38. The van der Waals surface area contributed by atoms with Crippen molar-refractivity contribution in [2.45, 2.75) is 20.3 Å². The lowest BCUT2D eigenvalue weighted by atomic mass is 10.3. The Kier molecular flexibility index (Phi) is 5.24. The summed E-state index contributed by atoms with van der Waals surface area (Å²) in [6.45, 7) is 5.60. The Bertz CT molecular complexity index is 544. The van der Waals surface area contributed by atoms with Crippen LogP contribution in [0.25, 0.3) is 0 Å². The Hall–Kier alpha value is -2.23. The molecular formula is C16H20N2O2. The fourth-order valence-electron chi connectivity index (χ4n) is 1.73. The first kappa shape index (κ1) is 14.2. The second-order valence-corrected chi connectivity index (χ2v) is 4.29. The molecule has 0 amide bonds. The van der Waals surface area contributed by atoms with E-state index in [1.54, 1.807) is 0 Å². The molecule has 0 aliphatic carbocycles. The molecule has 106 valence electrons. The largest absolute Gasteiger partial charge is 0.490 e. The van der Waals surface area contributed by atoms with Crippen molar-refractivity contribution < 1.29 is 9.47 Å². The van der Waals surface area contributed by atoms with Crippen LogP contribution in [0.4, 0.5) is 5.82 Å². The topological polar surface area (TPSA) is 43.4 Å². The molecule has 4 heteroatoms. The molecule has 0 radical (unpaired) electrons. The third-order valence-electron chi connectivity index (χ3n) is 2.61. The normalized spacial score (nSPS) is 10.1. The van der Waals surface area contributed by atoms with E-state index in [2.05, 4.69) is 17.2 Å². The summed E-state index contributed by atoms with van der Waals surface area (Å²) >= 11 is 0. The number of pyridine rings is 1. The number of benzene rings is 1. The Morgan fingerprint density at radius 3 is 2.55 bits per heavy atom. The first-order valence-corrected chi connectivity index (χ1v) is 6.94. The van der Waals surface area contributed by atoms with Gasteiger partial charge in [-0.15, -0.1) is 0 Å². The highest BCUT2D eigenvalue weighted by Gasteiger charge is 2.06. The van der Waals surface area contributed by atoms with E-state index < -0.39 is 0 Å². The monoisotopic (exact) mass is 272 g/mol. The first-order chi connectivity index (χ1) is 9.83. The van der Waals surface area contributed by atoms with Gasteiger partial charge in [0.1, 0.15) is 5.82 Å². The number of hydrogen-bond donors (Lipinski definition) is 1. The average Bonchev–Trinajstić information content (AvgIpc) is 2.47. The maximum atomic E-state index is 5.82. The molecule has 0 bridgehead atoms. The number of aromatic nitrogens is 1. The summed E-state index contributed by atoms with van der Waals surface area (Å²) in [7, 11) is 0. The molecule has 1 heterocycles. The number of para-hydroxylation sites is 2. The lowest BCUT2D eigenvalue weighted by Gasteiger charge is -2.12. The van der Waals surface area contributed by atoms with Crippen LogP contribution >= 0.6 is 0 Å². The number of nitrogens with zero attached hydrogens (tertiary/aromatic N) is 1. The molecule has 0 fully saturated rings. The van der Waals surface area contributed by atoms with Crippen LogP contribution in [0, 0.1) is 0 Å². The van der Waals surface area contributed by atoms with Crippen LogP contribution in [0.3, 0.4) is 0 Å². The van der Waals surface area contributed by atoms with Gasteiger partial charge in [-0.1, -0.05) is 25.1 Å². The molecular weight excluding hydrogens is 252 g/mol. The number of anilines is 1. The first-order valence-electron chi connectivity index (χ1n) is 6.94. The molecule has 1 aromatic carbocycles. The molecule has 20 heavy (non-hydrogen) atoms. The molecule has 0 spiro atoms. The third kappa shape index (κ3) is 3.88. The Balaban J connectivity index is 2.14. The van der Waals surface area contributed by atoms with Crippen molar-refractivity contribution in [1.82, 2.24) is 4.98 Å². The van der Waals surface area contributed by atoms with Crippen molar-refractivity contribution in [2.24, 2.45) is 0 Å². The SMILES string of the molecule is CCCOc1ccccc1Oc1cccc(NCC)n1. The van der Waals surface area contributed by atoms with Gasteiger partial charge in [-0.3, -0.25) is 0 Å². The lowest BCUT2D eigenvalue weighted by Crippen LogP contribution is -2.00. The van der Waals surface area contributed by atoms with Crippen LogP contribution < -0.4 is 14.8 Å². The van der Waals surface area contributed by atoms with Crippen molar-refractivity contribution >= 4 is 5.82 Å². The predicted molar refractivity (Wildman–Crippen MR) is 80.7 cm³/mol. The Labute approximate surface area is 119 Å². The standard InChI is InChI=1S/C16H20N2O2/c1-3-12-19-13-8-5-6-9-14(13)20-16-11-7-10-15(18-16)17-4-2/h5-11H,3-4,12H2,1-2H3,(H,17,18). The number of ether oxygens (including phenoxy) is 2. The van der Waals surface area contributed by atoms with Gasteiger partial charge in [-0.05, 0) is 31.5 Å². The van der Waals surface area contributed by atoms with Crippen molar-refractivity contribution in [2.75, 3.05) is 18.5 Å². The van der Waals surface area contributed by atoms with Crippen LogP contribution in [-0.2, 0) is 0 Å². The van der Waals surface area contributed by atoms with Crippen molar-refractivity contribution in [3.8, 4) is 17.4 Å². The Morgan fingerprint density at radius 1 is 1.00 bits per heavy atom. The molecule has 0 aliphatic rings.